The summed E-state index contributed by atoms with van der Waals surface area (Å²) in [5.41, 5.74) is 1.59. The molecule has 0 radical (unpaired) electrons. The Morgan fingerprint density at radius 1 is 1.07 bits per heavy atom. The van der Waals surface area contributed by atoms with Crippen molar-refractivity contribution in [3.8, 4) is 5.13 Å². The van der Waals surface area contributed by atoms with Crippen LogP contribution in [0.25, 0.3) is 26.1 Å². The molecule has 5 nitrogen and oxygen atoms in total. The molecule has 5 aromatic rings. The zero-order valence-electron chi connectivity index (χ0n) is 15.4. The first-order chi connectivity index (χ1) is 14.1. The second kappa shape index (κ2) is 6.79. The highest BCUT2D eigenvalue weighted by molar-refractivity contribution is 7.20. The van der Waals surface area contributed by atoms with Crippen LogP contribution in [0.5, 0.6) is 0 Å². The number of anilines is 1. The normalized spacial score (nSPS) is 11.2. The fourth-order valence-corrected chi connectivity index (χ4v) is 4.28. The van der Waals surface area contributed by atoms with Crippen molar-refractivity contribution in [3.63, 3.8) is 0 Å². The predicted molar refractivity (Wildman–Crippen MR) is 113 cm³/mol. The van der Waals surface area contributed by atoms with Crippen LogP contribution in [0.1, 0.15) is 16.1 Å². The number of rotatable bonds is 3. The van der Waals surface area contributed by atoms with Gasteiger partial charge in [0.2, 0.25) is 5.13 Å². The quantitative estimate of drug-likeness (QED) is 0.443. The molecule has 5 rings (SSSR count). The SMILES string of the molecule is Cc1cc(NC(=O)c2cccc3ccccc23)n(-c2nc3c(F)cccc3s2)n1. The number of fused-ring (bicyclic) bond motifs is 2. The first-order valence-corrected chi connectivity index (χ1v) is 9.83. The van der Waals surface area contributed by atoms with E-state index in [4.69, 9.17) is 0 Å². The van der Waals surface area contributed by atoms with Gasteiger partial charge in [0.15, 0.2) is 0 Å². The average Bonchev–Trinajstić information content (AvgIpc) is 3.31. The van der Waals surface area contributed by atoms with Crippen molar-refractivity contribution in [1.82, 2.24) is 14.8 Å². The number of thiazole rings is 1. The molecule has 0 aliphatic rings. The minimum atomic E-state index is -0.379. The maximum absolute atomic E-state index is 14.0. The molecule has 2 heterocycles. The molecule has 7 heteroatoms. The lowest BCUT2D eigenvalue weighted by atomic mass is 10.0. The summed E-state index contributed by atoms with van der Waals surface area (Å²) >= 11 is 1.32. The van der Waals surface area contributed by atoms with Crippen molar-refractivity contribution in [1.29, 1.82) is 0 Å². The van der Waals surface area contributed by atoms with E-state index in [-0.39, 0.29) is 11.7 Å². The molecule has 0 aliphatic heterocycles. The largest absolute Gasteiger partial charge is 0.306 e. The third-order valence-electron chi connectivity index (χ3n) is 4.65. The Bertz CT molecular complexity index is 1380. The molecule has 0 spiro atoms. The van der Waals surface area contributed by atoms with Crippen LogP contribution < -0.4 is 5.32 Å². The summed E-state index contributed by atoms with van der Waals surface area (Å²) in [6.45, 7) is 1.83. The van der Waals surface area contributed by atoms with Gasteiger partial charge < -0.3 is 5.32 Å². The summed E-state index contributed by atoms with van der Waals surface area (Å²) in [6.07, 6.45) is 0. The topological polar surface area (TPSA) is 59.8 Å². The van der Waals surface area contributed by atoms with Crippen LogP contribution in [0.2, 0.25) is 0 Å². The van der Waals surface area contributed by atoms with Crippen LogP contribution in [0.4, 0.5) is 10.2 Å². The minimum absolute atomic E-state index is 0.241. The number of carbonyl (C=O) groups is 1. The number of para-hydroxylation sites is 1. The number of nitrogens with one attached hydrogen (secondary N) is 1. The number of carbonyl (C=O) groups excluding carboxylic acids is 1. The first kappa shape index (κ1) is 17.5. The van der Waals surface area contributed by atoms with Gasteiger partial charge in [-0.05, 0) is 35.9 Å². The van der Waals surface area contributed by atoms with Gasteiger partial charge in [0.25, 0.3) is 5.91 Å². The highest BCUT2D eigenvalue weighted by atomic mass is 32.1. The Balaban J connectivity index is 1.55. The number of aromatic nitrogens is 3. The number of hydrogen-bond acceptors (Lipinski definition) is 4. The summed E-state index contributed by atoms with van der Waals surface area (Å²) in [6, 6.07) is 20.0. The van der Waals surface area contributed by atoms with Crippen molar-refractivity contribution >= 4 is 44.1 Å². The molecule has 0 saturated heterocycles. The number of halogens is 1. The van der Waals surface area contributed by atoms with Crippen LogP contribution in [0.15, 0.2) is 66.7 Å². The summed E-state index contributed by atoms with van der Waals surface area (Å²) < 4.78 is 16.3. The summed E-state index contributed by atoms with van der Waals surface area (Å²) in [7, 11) is 0. The minimum Gasteiger partial charge on any atom is -0.306 e. The molecular formula is C22H15FN4OS. The summed E-state index contributed by atoms with van der Waals surface area (Å²) in [5.74, 6) is -0.134. The molecule has 1 amide bonds. The number of amides is 1. The number of hydrogen-bond donors (Lipinski definition) is 1. The Morgan fingerprint density at radius 3 is 2.72 bits per heavy atom. The standard InChI is InChI=1S/C22H15FN4OS/c1-13-12-19(24-21(28)16-9-4-7-14-6-2-3-8-15(14)16)27(26-13)22-25-20-17(23)10-5-11-18(20)29-22/h2-12H,1H3,(H,24,28). The van der Waals surface area contributed by atoms with Gasteiger partial charge in [-0.25, -0.2) is 9.37 Å². The van der Waals surface area contributed by atoms with E-state index in [1.807, 2.05) is 49.4 Å². The third kappa shape index (κ3) is 3.05. The highest BCUT2D eigenvalue weighted by Gasteiger charge is 2.17. The molecule has 3 aromatic carbocycles. The van der Waals surface area contributed by atoms with E-state index >= 15 is 0 Å². The Labute approximate surface area is 169 Å². The van der Waals surface area contributed by atoms with E-state index in [1.54, 1.807) is 22.9 Å². The lowest BCUT2D eigenvalue weighted by Crippen LogP contribution is -2.15. The third-order valence-corrected chi connectivity index (χ3v) is 5.64. The Hall–Kier alpha value is -3.58. The monoisotopic (exact) mass is 402 g/mol. The van der Waals surface area contributed by atoms with Crippen molar-refractivity contribution < 1.29 is 9.18 Å². The van der Waals surface area contributed by atoms with Gasteiger partial charge in [-0.2, -0.15) is 9.78 Å². The second-order valence-corrected chi connectivity index (χ2v) is 7.66. The molecule has 0 bridgehead atoms. The molecule has 1 N–H and O–H groups in total. The fourth-order valence-electron chi connectivity index (χ4n) is 3.34. The van der Waals surface area contributed by atoms with Gasteiger partial charge >= 0.3 is 0 Å². The number of nitrogens with zero attached hydrogens (tertiary/aromatic N) is 3. The van der Waals surface area contributed by atoms with Crippen molar-refractivity contribution in [2.24, 2.45) is 0 Å². The second-order valence-electron chi connectivity index (χ2n) is 6.65. The van der Waals surface area contributed by atoms with E-state index in [9.17, 15) is 9.18 Å². The first-order valence-electron chi connectivity index (χ1n) is 9.01. The van der Waals surface area contributed by atoms with E-state index in [2.05, 4.69) is 15.4 Å². The molecule has 29 heavy (non-hydrogen) atoms. The van der Waals surface area contributed by atoms with Gasteiger partial charge in [0, 0.05) is 11.6 Å². The van der Waals surface area contributed by atoms with Gasteiger partial charge in [-0.3, -0.25) is 4.79 Å². The molecule has 0 aliphatic carbocycles. The summed E-state index contributed by atoms with van der Waals surface area (Å²) in [4.78, 5) is 17.4. The zero-order chi connectivity index (χ0) is 20.0. The van der Waals surface area contributed by atoms with Gasteiger partial charge in [0.05, 0.1) is 10.4 Å². The van der Waals surface area contributed by atoms with Gasteiger partial charge in [-0.15, -0.1) is 0 Å². The molecule has 0 atom stereocenters. The van der Waals surface area contributed by atoms with E-state index in [1.165, 1.54) is 17.4 Å². The molecule has 2 aromatic heterocycles. The lowest BCUT2D eigenvalue weighted by molar-refractivity contribution is 0.102. The van der Waals surface area contributed by atoms with Crippen molar-refractivity contribution in [2.45, 2.75) is 6.92 Å². The molecule has 0 fully saturated rings. The molecule has 142 valence electrons. The maximum atomic E-state index is 14.0. The lowest BCUT2D eigenvalue weighted by Gasteiger charge is -2.09. The predicted octanol–water partition coefficient (Wildman–Crippen LogP) is 5.34. The Kier molecular flexibility index (Phi) is 4.10. The molecule has 0 saturated carbocycles. The average molecular weight is 402 g/mol. The fraction of sp³-hybridized carbons (Fsp3) is 0.0455. The Morgan fingerprint density at radius 2 is 1.86 bits per heavy atom. The highest BCUT2D eigenvalue weighted by Crippen LogP contribution is 2.29. The van der Waals surface area contributed by atoms with Gasteiger partial charge in [0.1, 0.15) is 17.2 Å². The van der Waals surface area contributed by atoms with E-state index in [0.29, 0.717) is 22.0 Å². The van der Waals surface area contributed by atoms with Crippen LogP contribution in [0, 0.1) is 12.7 Å². The van der Waals surface area contributed by atoms with Crippen molar-refractivity contribution in [2.75, 3.05) is 5.32 Å². The smallest absolute Gasteiger partial charge is 0.257 e. The van der Waals surface area contributed by atoms with Gasteiger partial charge in [-0.1, -0.05) is 53.8 Å². The van der Waals surface area contributed by atoms with Crippen molar-refractivity contribution in [3.05, 3.63) is 83.8 Å². The number of aryl methyl sites for hydroxylation is 1. The zero-order valence-corrected chi connectivity index (χ0v) is 16.2. The van der Waals surface area contributed by atoms with E-state index < -0.39 is 0 Å². The molecular weight excluding hydrogens is 387 g/mol. The van der Waals surface area contributed by atoms with E-state index in [0.717, 1.165) is 21.2 Å². The van der Waals surface area contributed by atoms with Crippen LogP contribution in [-0.2, 0) is 0 Å². The van der Waals surface area contributed by atoms with Crippen LogP contribution in [0.3, 0.4) is 0 Å². The van der Waals surface area contributed by atoms with Crippen LogP contribution in [-0.4, -0.2) is 20.7 Å². The van der Waals surface area contributed by atoms with Crippen LogP contribution >= 0.6 is 11.3 Å². The molecule has 0 unspecified atom stereocenters. The maximum Gasteiger partial charge on any atom is 0.257 e. The number of benzene rings is 3. The summed E-state index contributed by atoms with van der Waals surface area (Å²) in [5, 5.41) is 9.73.